The van der Waals surface area contributed by atoms with E-state index in [0.717, 1.165) is 70.5 Å². The fourth-order valence-electron chi connectivity index (χ4n) is 6.51. The van der Waals surface area contributed by atoms with Crippen molar-refractivity contribution < 1.29 is 26.9 Å². The van der Waals surface area contributed by atoms with E-state index in [1.807, 2.05) is 55.8 Å². The lowest BCUT2D eigenvalue weighted by molar-refractivity contribution is -0.143. The highest BCUT2D eigenvalue weighted by molar-refractivity contribution is 7.84. The lowest BCUT2D eigenvalue weighted by Gasteiger charge is -2.33. The van der Waals surface area contributed by atoms with Crippen molar-refractivity contribution in [2.24, 2.45) is 0 Å². The fraction of sp³-hybridized carbons (Fsp3) is 0.441. The van der Waals surface area contributed by atoms with Gasteiger partial charge in [-0.05, 0) is 99.8 Å². The van der Waals surface area contributed by atoms with Gasteiger partial charge in [0.2, 0.25) is 0 Å². The van der Waals surface area contributed by atoms with Crippen LogP contribution in [-0.4, -0.2) is 71.9 Å². The number of fused-ring (bicyclic) bond motifs is 7. The number of aromatic nitrogens is 3. The molecule has 0 fully saturated rings. The van der Waals surface area contributed by atoms with Gasteiger partial charge in [-0.3, -0.25) is 4.79 Å². The maximum atomic E-state index is 13.5. The van der Waals surface area contributed by atoms with Gasteiger partial charge in [0.15, 0.2) is 0 Å². The second kappa shape index (κ2) is 13.0. The predicted octanol–water partition coefficient (Wildman–Crippen LogP) is 5.05. The monoisotopic (exact) mass is 647 g/mol. The summed E-state index contributed by atoms with van der Waals surface area (Å²) in [5, 5.41) is 9.03. The summed E-state index contributed by atoms with van der Waals surface area (Å²) < 4.78 is 47.3. The van der Waals surface area contributed by atoms with Gasteiger partial charge in [-0.25, -0.2) is 4.68 Å². The van der Waals surface area contributed by atoms with Gasteiger partial charge in [-0.2, -0.15) is 12.7 Å². The Morgan fingerprint density at radius 2 is 1.87 bits per heavy atom. The van der Waals surface area contributed by atoms with E-state index < -0.39 is 16.3 Å². The third-order valence-corrected chi connectivity index (χ3v) is 10.5. The van der Waals surface area contributed by atoms with E-state index in [-0.39, 0.29) is 31.5 Å². The third kappa shape index (κ3) is 6.33. The zero-order chi connectivity index (χ0) is 32.6. The molecule has 244 valence electrons. The lowest BCUT2D eigenvalue weighted by atomic mass is 9.83. The highest BCUT2D eigenvalue weighted by atomic mass is 32.2. The van der Waals surface area contributed by atoms with Crippen LogP contribution in [0.1, 0.15) is 72.0 Å². The Hall–Kier alpha value is -4.00. The summed E-state index contributed by atoms with van der Waals surface area (Å²) in [7, 11) is -2.03. The van der Waals surface area contributed by atoms with Crippen LogP contribution >= 0.6 is 0 Å². The number of likely N-dealkylation sites (N-methyl/N-ethyl adjacent to an activating group) is 1. The molecule has 0 saturated heterocycles. The van der Waals surface area contributed by atoms with Crippen LogP contribution in [0.25, 0.3) is 11.0 Å². The first-order chi connectivity index (χ1) is 22.1. The number of nitrogens with zero attached hydrogens (tertiary/aromatic N) is 5. The molecule has 4 heterocycles. The smallest absolute Gasteiger partial charge is 0.386 e. The maximum absolute atomic E-state index is 13.5. The number of hydrogen-bond donors (Lipinski definition) is 0. The minimum atomic E-state index is -4.09. The lowest BCUT2D eigenvalue weighted by Crippen LogP contribution is -2.39. The van der Waals surface area contributed by atoms with Crippen LogP contribution in [-0.2, 0) is 32.9 Å². The quantitative estimate of drug-likeness (QED) is 0.282. The summed E-state index contributed by atoms with van der Waals surface area (Å²) in [5.41, 5.74) is 7.00. The summed E-state index contributed by atoms with van der Waals surface area (Å²) >= 11 is 0. The molecule has 3 aromatic carbocycles. The second-order valence-corrected chi connectivity index (χ2v) is 13.7. The molecule has 0 saturated carbocycles. The Morgan fingerprint density at radius 3 is 2.67 bits per heavy atom. The molecule has 3 atom stereocenters. The zero-order valence-corrected chi connectivity index (χ0v) is 27.8. The van der Waals surface area contributed by atoms with Crippen LogP contribution in [0, 0.1) is 13.8 Å². The molecule has 3 aliphatic rings. The van der Waals surface area contributed by atoms with Crippen molar-refractivity contribution in [2.75, 3.05) is 33.4 Å². The molecule has 12 heteroatoms. The van der Waals surface area contributed by atoms with E-state index in [1.165, 1.54) is 4.31 Å². The van der Waals surface area contributed by atoms with Gasteiger partial charge in [0.1, 0.15) is 23.6 Å². The molecule has 1 aromatic heterocycles. The van der Waals surface area contributed by atoms with E-state index >= 15 is 0 Å². The number of ether oxygens (including phenoxy) is 2. The number of rotatable bonds is 3. The largest absolute Gasteiger partial charge is 0.492 e. The van der Waals surface area contributed by atoms with Crippen molar-refractivity contribution in [1.82, 2.24) is 24.2 Å². The number of aryl methyl sites for hydroxylation is 3. The SMILES string of the molecule is CCOC(=O)CC1c2ccc(C)c(c2)[C@@H](C)N2Cc3cc(ccc3OS2(=O)=O)OCCN(C)CCCn2nnc3c(C)c1ccc32. The summed E-state index contributed by atoms with van der Waals surface area (Å²) in [5.74, 6) is 0.315. The molecule has 46 heavy (non-hydrogen) atoms. The van der Waals surface area contributed by atoms with Crippen LogP contribution in [0.3, 0.4) is 0 Å². The van der Waals surface area contributed by atoms with Crippen molar-refractivity contribution in [3.63, 3.8) is 0 Å². The second-order valence-electron chi connectivity index (χ2n) is 12.2. The molecule has 11 nitrogen and oxygen atoms in total. The first kappa shape index (κ1) is 32.0. The number of esters is 1. The molecule has 0 amide bonds. The number of hydrogen-bond acceptors (Lipinski definition) is 9. The average molecular weight is 648 g/mol. The molecule has 0 aliphatic carbocycles. The third-order valence-electron chi connectivity index (χ3n) is 9.11. The summed E-state index contributed by atoms with van der Waals surface area (Å²) in [6.45, 7) is 10.8. The van der Waals surface area contributed by atoms with Gasteiger partial charge in [0, 0.05) is 31.1 Å². The van der Waals surface area contributed by atoms with E-state index in [4.69, 9.17) is 13.7 Å². The Labute approximate surface area is 270 Å². The van der Waals surface area contributed by atoms with Crippen LogP contribution in [0.15, 0.2) is 48.5 Å². The van der Waals surface area contributed by atoms with Crippen LogP contribution < -0.4 is 8.92 Å². The highest BCUT2D eigenvalue weighted by Gasteiger charge is 2.37. The van der Waals surface area contributed by atoms with Crippen molar-refractivity contribution in [3.05, 3.63) is 81.9 Å². The number of benzene rings is 3. The molecule has 7 rings (SSSR count). The molecular formula is C34H41N5O6S. The van der Waals surface area contributed by atoms with Gasteiger partial charge >= 0.3 is 16.3 Å². The molecule has 9 bridgehead atoms. The van der Waals surface area contributed by atoms with Crippen LogP contribution in [0.5, 0.6) is 11.5 Å². The minimum Gasteiger partial charge on any atom is -0.492 e. The summed E-state index contributed by atoms with van der Waals surface area (Å²) in [4.78, 5) is 15.2. The highest BCUT2D eigenvalue weighted by Crippen LogP contribution is 2.40. The first-order valence-corrected chi connectivity index (χ1v) is 17.2. The Kier molecular flexibility index (Phi) is 9.04. The minimum absolute atomic E-state index is 0.124. The van der Waals surface area contributed by atoms with Crippen molar-refractivity contribution in [2.45, 2.75) is 65.6 Å². The van der Waals surface area contributed by atoms with Gasteiger partial charge in [-0.15, -0.1) is 5.10 Å². The van der Waals surface area contributed by atoms with Gasteiger partial charge in [0.25, 0.3) is 0 Å². The van der Waals surface area contributed by atoms with E-state index in [0.29, 0.717) is 18.1 Å². The summed E-state index contributed by atoms with van der Waals surface area (Å²) in [6, 6.07) is 14.8. The molecule has 4 aromatic rings. The zero-order valence-electron chi connectivity index (χ0n) is 27.0. The van der Waals surface area contributed by atoms with Crippen LogP contribution in [0.4, 0.5) is 0 Å². The normalized spacial score (nSPS) is 21.7. The van der Waals surface area contributed by atoms with Crippen LogP contribution in [0.2, 0.25) is 0 Å². The van der Waals surface area contributed by atoms with Crippen molar-refractivity contribution in [3.8, 4) is 11.5 Å². The van der Waals surface area contributed by atoms with E-state index in [9.17, 15) is 13.2 Å². The molecule has 2 unspecified atom stereocenters. The Bertz CT molecular complexity index is 1870. The van der Waals surface area contributed by atoms with Gasteiger partial charge in [-0.1, -0.05) is 29.5 Å². The molecule has 3 aliphatic heterocycles. The van der Waals surface area contributed by atoms with E-state index in [1.54, 1.807) is 19.1 Å². The molecule has 0 spiro atoms. The van der Waals surface area contributed by atoms with Gasteiger partial charge < -0.3 is 18.6 Å². The summed E-state index contributed by atoms with van der Waals surface area (Å²) in [6.07, 6.45) is 1.00. The molecular weight excluding hydrogens is 606 g/mol. The Balaban J connectivity index is 1.47. The topological polar surface area (TPSA) is 116 Å². The number of carbonyl (C=O) groups is 1. The molecule has 0 radical (unpaired) electrons. The Morgan fingerprint density at radius 1 is 1.04 bits per heavy atom. The molecule has 0 N–H and O–H groups in total. The van der Waals surface area contributed by atoms with Crippen molar-refractivity contribution >= 4 is 27.3 Å². The van der Waals surface area contributed by atoms with Gasteiger partial charge in [0.05, 0.1) is 24.6 Å². The predicted molar refractivity (Wildman–Crippen MR) is 174 cm³/mol. The van der Waals surface area contributed by atoms with E-state index in [2.05, 4.69) is 28.3 Å². The fourth-order valence-corrected chi connectivity index (χ4v) is 7.79. The van der Waals surface area contributed by atoms with Crippen molar-refractivity contribution in [1.29, 1.82) is 0 Å². The standard InChI is InChI=1S/C34H41N5O6S/c1-6-43-33(40)20-30-25-9-8-22(2)29(19-25)24(4)39-21-26-18-27(10-13-32(26)45-46(39,41)42)44-17-16-37(5)14-7-15-38-31-12-11-28(30)23(3)34(31)35-36-38/h8-13,18-19,24,30H,6-7,14-17,20-21H2,1-5H3/t24-,30?/m1/s1. The first-order valence-electron chi connectivity index (χ1n) is 15.8. The maximum Gasteiger partial charge on any atom is 0.386 e. The average Bonchev–Trinajstić information content (AvgIpc) is 3.43. The number of carbonyl (C=O) groups excluding carboxylic acids is 1.